The Hall–Kier alpha value is -0.900. The third-order valence-corrected chi connectivity index (χ3v) is 8.69. The number of hydrogen-bond donors (Lipinski definition) is 4. The Morgan fingerprint density at radius 2 is 1.24 bits per heavy atom. The van der Waals surface area contributed by atoms with Crippen LogP contribution in [-0.2, 0) is 38.3 Å². The molecule has 1 heterocycles. The van der Waals surface area contributed by atoms with E-state index in [9.17, 15) is 28.5 Å². The number of ether oxygens (including phenoxy) is 4. The molecule has 274 valence electrons. The first kappa shape index (κ1) is 43.1. The molecular formula is C33H64O12S. The lowest BCUT2D eigenvalue weighted by atomic mass is 9.99. The van der Waals surface area contributed by atoms with E-state index in [-0.39, 0.29) is 19.6 Å². The second-order valence-electron chi connectivity index (χ2n) is 12.5. The summed E-state index contributed by atoms with van der Waals surface area (Å²) in [5, 5.41) is 30.4. The van der Waals surface area contributed by atoms with Crippen molar-refractivity contribution >= 4 is 16.4 Å². The highest BCUT2D eigenvalue weighted by atomic mass is 32.3. The molecule has 1 aliphatic rings. The van der Waals surface area contributed by atoms with E-state index < -0.39 is 59.8 Å². The number of hydrogen-bond acceptors (Lipinski definition) is 11. The van der Waals surface area contributed by atoms with Crippen LogP contribution in [0.2, 0.25) is 0 Å². The van der Waals surface area contributed by atoms with Crippen molar-refractivity contribution in [2.45, 2.75) is 179 Å². The minimum absolute atomic E-state index is 0.0424. The molecule has 1 fully saturated rings. The summed E-state index contributed by atoms with van der Waals surface area (Å²) in [7, 11) is -5.04. The van der Waals surface area contributed by atoms with Crippen LogP contribution in [0.15, 0.2) is 0 Å². The molecule has 0 aliphatic carbocycles. The molecule has 0 spiro atoms. The van der Waals surface area contributed by atoms with Gasteiger partial charge in [0.15, 0.2) is 6.29 Å². The lowest BCUT2D eigenvalue weighted by Crippen LogP contribution is -2.60. The summed E-state index contributed by atoms with van der Waals surface area (Å²) < 4.78 is 58.5. The van der Waals surface area contributed by atoms with Crippen LogP contribution < -0.4 is 0 Å². The highest BCUT2D eigenvalue weighted by Gasteiger charge is 2.48. The van der Waals surface area contributed by atoms with Gasteiger partial charge in [-0.2, -0.15) is 8.42 Å². The lowest BCUT2D eigenvalue weighted by Gasteiger charge is -2.41. The van der Waals surface area contributed by atoms with E-state index >= 15 is 0 Å². The van der Waals surface area contributed by atoms with Crippen molar-refractivity contribution < 1.29 is 56.2 Å². The molecule has 1 rings (SSSR count). The molecule has 0 bridgehead atoms. The van der Waals surface area contributed by atoms with Gasteiger partial charge in [-0.1, -0.05) is 123 Å². The van der Waals surface area contributed by atoms with E-state index in [1.165, 1.54) is 77.0 Å². The molecule has 12 nitrogen and oxygen atoms in total. The second kappa shape index (κ2) is 27.0. The van der Waals surface area contributed by atoms with Crippen molar-refractivity contribution in [3.05, 3.63) is 0 Å². The summed E-state index contributed by atoms with van der Waals surface area (Å²) in [6.45, 7) is 3.93. The van der Waals surface area contributed by atoms with Crippen molar-refractivity contribution in [2.75, 3.05) is 26.4 Å². The zero-order valence-corrected chi connectivity index (χ0v) is 29.2. The number of rotatable bonds is 30. The van der Waals surface area contributed by atoms with Crippen molar-refractivity contribution in [1.29, 1.82) is 0 Å². The summed E-state index contributed by atoms with van der Waals surface area (Å²) in [5.41, 5.74) is 0. The first-order chi connectivity index (χ1) is 22.1. The predicted octanol–water partition coefficient (Wildman–Crippen LogP) is 5.40. The van der Waals surface area contributed by atoms with E-state index in [1.54, 1.807) is 0 Å². The highest BCUT2D eigenvalue weighted by Crippen LogP contribution is 2.26. The maximum absolute atomic E-state index is 12.6. The summed E-state index contributed by atoms with van der Waals surface area (Å²) in [6.07, 6.45) is 13.1. The van der Waals surface area contributed by atoms with Gasteiger partial charge in [-0.3, -0.25) is 9.35 Å². The standard InChI is InChI=1S/C33H64O12S/c1-3-5-7-9-11-13-14-15-17-19-21-23-41-25-27(43-29(35)22-20-18-16-12-10-8-6-4-2)26-42-33-31(37)32(45-46(38,39)40)30(36)28(24-34)44-33/h27-28,30-34,36-37H,3-26H2,1-2H3,(H,38,39,40). The predicted molar refractivity (Wildman–Crippen MR) is 175 cm³/mol. The summed E-state index contributed by atoms with van der Waals surface area (Å²) in [5.74, 6) is -0.403. The number of carbonyl (C=O) groups excluding carboxylic acids is 1. The van der Waals surface area contributed by atoms with Crippen LogP contribution >= 0.6 is 0 Å². The van der Waals surface area contributed by atoms with Crippen molar-refractivity contribution in [2.24, 2.45) is 0 Å². The fourth-order valence-electron chi connectivity index (χ4n) is 5.49. The Kier molecular flexibility index (Phi) is 25.3. The van der Waals surface area contributed by atoms with Crippen LogP contribution in [-0.4, -0.2) is 97.5 Å². The number of esters is 1. The Morgan fingerprint density at radius 3 is 1.74 bits per heavy atom. The Morgan fingerprint density at radius 1 is 0.739 bits per heavy atom. The molecule has 0 radical (unpaired) electrons. The van der Waals surface area contributed by atoms with Gasteiger partial charge in [0, 0.05) is 13.0 Å². The van der Waals surface area contributed by atoms with Crippen molar-refractivity contribution in [1.82, 2.24) is 0 Å². The summed E-state index contributed by atoms with van der Waals surface area (Å²) in [4.78, 5) is 12.6. The first-order valence-electron chi connectivity index (χ1n) is 17.8. The van der Waals surface area contributed by atoms with Crippen molar-refractivity contribution in [3.8, 4) is 0 Å². The van der Waals surface area contributed by atoms with Gasteiger partial charge in [0.05, 0.1) is 19.8 Å². The molecule has 4 N–H and O–H groups in total. The molecule has 6 unspecified atom stereocenters. The molecule has 13 heteroatoms. The zero-order valence-electron chi connectivity index (χ0n) is 28.4. The zero-order chi connectivity index (χ0) is 34.0. The maximum atomic E-state index is 12.6. The maximum Gasteiger partial charge on any atom is 0.397 e. The fraction of sp³-hybridized carbons (Fsp3) is 0.970. The molecule has 0 saturated carbocycles. The van der Waals surface area contributed by atoms with Crippen LogP contribution in [0, 0.1) is 0 Å². The average molecular weight is 685 g/mol. The quantitative estimate of drug-likeness (QED) is 0.0431. The van der Waals surface area contributed by atoms with E-state index in [0.29, 0.717) is 13.0 Å². The van der Waals surface area contributed by atoms with Crippen LogP contribution in [0.25, 0.3) is 0 Å². The molecule has 46 heavy (non-hydrogen) atoms. The first-order valence-corrected chi connectivity index (χ1v) is 19.2. The normalized spacial score (nSPS) is 22.6. The Bertz CT molecular complexity index is 842. The largest absolute Gasteiger partial charge is 0.457 e. The molecule has 0 aromatic heterocycles. The minimum atomic E-state index is -5.04. The van der Waals surface area contributed by atoms with Crippen molar-refractivity contribution in [3.63, 3.8) is 0 Å². The van der Waals surface area contributed by atoms with E-state index in [4.69, 9.17) is 23.5 Å². The molecule has 0 aromatic carbocycles. The highest BCUT2D eigenvalue weighted by molar-refractivity contribution is 7.80. The van der Waals surface area contributed by atoms with Gasteiger partial charge in [-0.25, -0.2) is 4.18 Å². The topological polar surface area (TPSA) is 178 Å². The van der Waals surface area contributed by atoms with Gasteiger partial charge in [0.1, 0.15) is 30.5 Å². The van der Waals surface area contributed by atoms with E-state index in [1.807, 2.05) is 0 Å². The molecule has 1 aliphatic heterocycles. The summed E-state index contributed by atoms with van der Waals surface area (Å²) in [6, 6.07) is 0. The molecule has 0 aromatic rings. The van der Waals surface area contributed by atoms with Gasteiger partial charge >= 0.3 is 16.4 Å². The lowest BCUT2D eigenvalue weighted by molar-refractivity contribution is -0.301. The number of unbranched alkanes of at least 4 members (excludes halogenated alkanes) is 17. The molecule has 6 atom stereocenters. The van der Waals surface area contributed by atoms with Crippen LogP contribution in [0.3, 0.4) is 0 Å². The van der Waals surface area contributed by atoms with Gasteiger partial charge in [-0.05, 0) is 12.8 Å². The average Bonchev–Trinajstić information content (AvgIpc) is 3.01. The van der Waals surface area contributed by atoms with Crippen LogP contribution in [0.4, 0.5) is 0 Å². The van der Waals surface area contributed by atoms with E-state index in [2.05, 4.69) is 18.0 Å². The third kappa shape index (κ3) is 21.1. The van der Waals surface area contributed by atoms with E-state index in [0.717, 1.165) is 38.5 Å². The van der Waals surface area contributed by atoms with Crippen LogP contribution in [0.1, 0.15) is 142 Å². The SMILES string of the molecule is CCCCCCCCCCCCCOCC(COC1OC(CO)C(O)C(OS(=O)(=O)O)C1O)OC(=O)CCCCCCCCCC. The smallest absolute Gasteiger partial charge is 0.397 e. The number of aliphatic hydroxyl groups is 3. The molecular weight excluding hydrogens is 620 g/mol. The van der Waals surface area contributed by atoms with Gasteiger partial charge in [0.2, 0.25) is 0 Å². The van der Waals surface area contributed by atoms with Gasteiger partial charge in [0.25, 0.3) is 0 Å². The molecule has 1 saturated heterocycles. The van der Waals surface area contributed by atoms with Gasteiger partial charge in [-0.15, -0.1) is 0 Å². The van der Waals surface area contributed by atoms with Crippen LogP contribution in [0.5, 0.6) is 0 Å². The van der Waals surface area contributed by atoms with Gasteiger partial charge < -0.3 is 34.3 Å². The monoisotopic (exact) mass is 684 g/mol. The fourth-order valence-corrected chi connectivity index (χ4v) is 6.00. The minimum Gasteiger partial charge on any atom is -0.457 e. The molecule has 0 amide bonds. The third-order valence-electron chi connectivity index (χ3n) is 8.23. The second-order valence-corrected chi connectivity index (χ2v) is 13.5. The Labute approximate surface area is 277 Å². The number of aliphatic hydroxyl groups excluding tert-OH is 3. The Balaban J connectivity index is 2.55. The summed E-state index contributed by atoms with van der Waals surface area (Å²) >= 11 is 0. The number of carbonyl (C=O) groups is 1.